The smallest absolute Gasteiger partial charge is 0.271 e. The van der Waals surface area contributed by atoms with E-state index < -0.39 is 117 Å². The zero-order valence-electron chi connectivity index (χ0n) is 47.9. The second-order valence-corrected chi connectivity index (χ2v) is 23.8. The molecule has 442 valence electrons. The van der Waals surface area contributed by atoms with Crippen LogP contribution in [0.4, 0.5) is 5.69 Å². The summed E-state index contributed by atoms with van der Waals surface area (Å²) in [6.45, 7) is 13.8. The van der Waals surface area contributed by atoms with Crippen LogP contribution in [0.2, 0.25) is 0 Å². The number of nitro groups is 1. The zero-order valence-corrected chi connectivity index (χ0v) is 49.6. The Hall–Kier alpha value is -6.68. The van der Waals surface area contributed by atoms with Crippen molar-refractivity contribution in [3.63, 3.8) is 0 Å². The van der Waals surface area contributed by atoms with Crippen molar-refractivity contribution in [2.24, 2.45) is 10.8 Å². The Morgan fingerprint density at radius 1 is 0.580 bits per heavy atom. The molecule has 21 nitrogen and oxygen atoms in total. The molecule has 2 heterocycles. The third-order valence-electron chi connectivity index (χ3n) is 15.9. The van der Waals surface area contributed by atoms with Crippen LogP contribution in [0.1, 0.15) is 149 Å². The quantitative estimate of drug-likeness (QED) is 0.0686. The van der Waals surface area contributed by atoms with Gasteiger partial charge in [-0.25, -0.2) is 0 Å². The molecule has 0 radical (unpaired) electrons. The van der Waals surface area contributed by atoms with Gasteiger partial charge < -0.3 is 52.3 Å². The van der Waals surface area contributed by atoms with Crippen molar-refractivity contribution >= 4 is 77.8 Å². The van der Waals surface area contributed by atoms with Crippen LogP contribution in [0.25, 0.3) is 0 Å². The molecule has 4 aliphatic rings. The van der Waals surface area contributed by atoms with Gasteiger partial charge in [0.1, 0.15) is 24.2 Å². The number of likely N-dealkylation sites (N-methyl/N-ethyl adjacent to an activating group) is 2. The average Bonchev–Trinajstić information content (AvgIpc) is 4.12. The maximum Gasteiger partial charge on any atom is 0.271 e. The van der Waals surface area contributed by atoms with Gasteiger partial charge in [-0.05, 0) is 118 Å². The Kier molecular flexibility index (Phi) is 22.0. The van der Waals surface area contributed by atoms with Gasteiger partial charge in [0, 0.05) is 48.4 Å². The number of aryl methyl sites for hydroxylation is 2. The molecule has 7 rings (SSSR count). The molecule has 2 aliphatic heterocycles. The van der Waals surface area contributed by atoms with Crippen molar-refractivity contribution < 1.29 is 43.3 Å². The van der Waals surface area contributed by atoms with Crippen LogP contribution in [0.15, 0.2) is 66.7 Å². The monoisotopic (exact) mass is 1160 g/mol. The number of hydrogen-bond acceptors (Lipinski definition) is 12. The highest BCUT2D eigenvalue weighted by Crippen LogP contribution is 2.34. The van der Waals surface area contributed by atoms with Gasteiger partial charge in [0.15, 0.2) is 0 Å². The third kappa shape index (κ3) is 15.5. The number of likely N-dealkylation sites (tertiary alicyclic amines) is 2. The van der Waals surface area contributed by atoms with E-state index in [2.05, 4.69) is 42.5 Å². The van der Waals surface area contributed by atoms with Gasteiger partial charge in [-0.3, -0.25) is 48.5 Å². The molecule has 0 aromatic heterocycles. The predicted molar refractivity (Wildman–Crippen MR) is 311 cm³/mol. The van der Waals surface area contributed by atoms with Gasteiger partial charge in [-0.15, -0.1) is 24.8 Å². The number of non-ortho nitro benzene ring substituents is 1. The molecule has 0 saturated carbocycles. The van der Waals surface area contributed by atoms with Crippen LogP contribution in [0.5, 0.6) is 0 Å². The van der Waals surface area contributed by atoms with Gasteiger partial charge in [0.05, 0.1) is 29.1 Å². The molecule has 3 aromatic carbocycles. The van der Waals surface area contributed by atoms with E-state index in [1.54, 1.807) is 69.5 Å². The van der Waals surface area contributed by atoms with Crippen LogP contribution < -0.4 is 42.5 Å². The van der Waals surface area contributed by atoms with Crippen molar-refractivity contribution in [1.29, 1.82) is 0 Å². The van der Waals surface area contributed by atoms with E-state index in [9.17, 15) is 48.5 Å². The lowest BCUT2D eigenvalue weighted by atomic mass is 9.85. The standard InChI is InChI=1S/C58H79N11O10.2ClH/c1-32(59-9)49(70)65-47(57(3,4)5)55(76)67-30-38(28-45(67)53(74)63-43-23-15-19-34-17-11-13-21-41(34)43)61-51(72)36-25-37(27-40(26-36)69(78)79)52(73)62-39-29-46(54(75)64-44-24-16-20-35-18-12-14-22-42(35)44)68(31-39)56(77)48(58(6,7)8)66-50(71)33(2)60-10;;/h11-14,17-18,21-22,25-27,32-33,38-39,43-48,59-60H,15-16,19-20,23-24,28-31H2,1-10H3,(H,61,72)(H,62,73)(H,63,74)(H,64,75)(H,65,70)(H,66,71);2*1H/t32-,33-,38-,39-,43+,44?,45?,46-,47+,48+;;/m0../s1. The van der Waals surface area contributed by atoms with Crippen molar-refractivity contribution in [1.82, 2.24) is 52.3 Å². The molecule has 2 unspecified atom stereocenters. The van der Waals surface area contributed by atoms with E-state index in [-0.39, 0.29) is 74.0 Å². The fourth-order valence-electron chi connectivity index (χ4n) is 11.2. The number of nitro benzene ring substituents is 1. The average molecular weight is 1160 g/mol. The summed E-state index contributed by atoms with van der Waals surface area (Å²) in [6.07, 6.45) is 4.66. The first-order valence-electron chi connectivity index (χ1n) is 27.5. The third-order valence-corrected chi connectivity index (χ3v) is 15.9. The van der Waals surface area contributed by atoms with E-state index in [4.69, 9.17) is 0 Å². The highest BCUT2D eigenvalue weighted by molar-refractivity contribution is 6.02. The molecule has 10 atom stereocenters. The molecule has 8 N–H and O–H groups in total. The summed E-state index contributed by atoms with van der Waals surface area (Å²) in [6, 6.07) is 11.0. The number of benzene rings is 3. The predicted octanol–water partition coefficient (Wildman–Crippen LogP) is 4.50. The van der Waals surface area contributed by atoms with E-state index in [1.165, 1.54) is 15.9 Å². The maximum absolute atomic E-state index is 14.7. The second kappa shape index (κ2) is 27.4. The van der Waals surface area contributed by atoms with Crippen LogP contribution in [-0.4, -0.2) is 138 Å². The largest absolute Gasteiger partial charge is 0.347 e. The highest BCUT2D eigenvalue weighted by atomic mass is 35.5. The van der Waals surface area contributed by atoms with Gasteiger partial charge in [-0.1, -0.05) is 90.1 Å². The molecule has 8 amide bonds. The minimum absolute atomic E-state index is 0. The van der Waals surface area contributed by atoms with Crippen LogP contribution in [0, 0.1) is 20.9 Å². The van der Waals surface area contributed by atoms with Crippen LogP contribution in [-0.2, 0) is 41.6 Å². The van der Waals surface area contributed by atoms with Crippen LogP contribution >= 0.6 is 24.8 Å². The summed E-state index contributed by atoms with van der Waals surface area (Å²) < 4.78 is 0. The fourth-order valence-corrected chi connectivity index (χ4v) is 11.2. The molecule has 0 spiro atoms. The SMILES string of the molecule is CN[C@@H](C)C(=O)N[C@H](C(=O)N1C[C@@H](NC(=O)c2cc(C(=O)N[C@H]3C[C@@H](C(=O)NC4CCCc5ccccc54)N(C(=O)[C@@H](NC(=O)[C@H](C)NC)C(C)(C)C)C3)cc([N+](=O)[O-])c2)CC1C(=O)N[C@@H]1CCCc2ccccc21)C(C)(C)C.Cl.Cl. The summed E-state index contributed by atoms with van der Waals surface area (Å²) in [5.74, 6) is -4.45. The van der Waals surface area contributed by atoms with Gasteiger partial charge in [0.25, 0.3) is 17.5 Å². The van der Waals surface area contributed by atoms with Crippen LogP contribution in [0.3, 0.4) is 0 Å². The Labute approximate surface area is 486 Å². The maximum atomic E-state index is 14.7. The minimum Gasteiger partial charge on any atom is -0.347 e. The number of nitrogens with zero attached hydrogens (tertiary/aromatic N) is 3. The first-order chi connectivity index (χ1) is 37.3. The molecular formula is C58H81Cl2N11O10. The lowest BCUT2D eigenvalue weighted by Gasteiger charge is -2.36. The van der Waals surface area contributed by atoms with E-state index in [0.29, 0.717) is 12.8 Å². The number of amides is 8. The summed E-state index contributed by atoms with van der Waals surface area (Å²) >= 11 is 0. The number of fused-ring (bicyclic) bond motifs is 2. The summed E-state index contributed by atoms with van der Waals surface area (Å²) in [5.41, 5.74) is 1.48. The number of carbonyl (C=O) groups excluding carboxylic acids is 8. The van der Waals surface area contributed by atoms with Crippen molar-refractivity contribution in [3.8, 4) is 0 Å². The summed E-state index contributed by atoms with van der Waals surface area (Å²) in [4.78, 5) is 128. The first kappa shape index (κ1) is 65.1. The fraction of sp³-hybridized carbons (Fsp3) is 0.552. The van der Waals surface area contributed by atoms with Gasteiger partial charge in [0.2, 0.25) is 35.4 Å². The first-order valence-corrected chi connectivity index (χ1v) is 27.5. The molecule has 0 bridgehead atoms. The Balaban J connectivity index is 0.00000602. The second-order valence-electron chi connectivity index (χ2n) is 23.8. The van der Waals surface area contributed by atoms with E-state index in [0.717, 1.165) is 60.1 Å². The molecule has 2 fully saturated rings. The molecule has 23 heteroatoms. The zero-order chi connectivity index (χ0) is 57.7. The molecule has 81 heavy (non-hydrogen) atoms. The molecule has 3 aromatic rings. The van der Waals surface area contributed by atoms with Gasteiger partial charge in [-0.2, -0.15) is 0 Å². The summed E-state index contributed by atoms with van der Waals surface area (Å²) in [5, 5.41) is 36.0. The van der Waals surface area contributed by atoms with Crippen molar-refractivity contribution in [3.05, 3.63) is 110 Å². The lowest BCUT2D eigenvalue weighted by molar-refractivity contribution is -0.384. The minimum atomic E-state index is -1.09. The molecular weight excluding hydrogens is 1080 g/mol. The normalized spacial score (nSPS) is 21.9. The Bertz CT molecular complexity index is 2660. The lowest BCUT2D eigenvalue weighted by Crippen LogP contribution is -2.59. The van der Waals surface area contributed by atoms with Crippen molar-refractivity contribution in [2.75, 3.05) is 27.2 Å². The number of rotatable bonds is 17. The highest BCUT2D eigenvalue weighted by Gasteiger charge is 2.48. The van der Waals surface area contributed by atoms with E-state index in [1.807, 2.05) is 48.5 Å². The Morgan fingerprint density at radius 3 is 1.30 bits per heavy atom. The Morgan fingerprint density at radius 2 is 0.951 bits per heavy atom. The van der Waals surface area contributed by atoms with Gasteiger partial charge >= 0.3 is 0 Å². The summed E-state index contributed by atoms with van der Waals surface area (Å²) in [7, 11) is 3.24. The molecule has 2 aliphatic carbocycles. The van der Waals surface area contributed by atoms with E-state index >= 15 is 0 Å². The molecule has 2 saturated heterocycles. The number of carbonyl (C=O) groups is 8. The topological polar surface area (TPSA) is 282 Å². The number of hydrogen-bond donors (Lipinski definition) is 8. The number of nitrogens with one attached hydrogen (secondary N) is 8. The number of halogens is 2. The van der Waals surface area contributed by atoms with Crippen molar-refractivity contribution in [2.45, 2.75) is 167 Å².